The molecule has 2 aromatic rings. The van der Waals surface area contributed by atoms with Crippen LogP contribution in [-0.2, 0) is 0 Å². The summed E-state index contributed by atoms with van der Waals surface area (Å²) in [6, 6.07) is 15.8. The average molecular weight is 281 g/mol. The van der Waals surface area contributed by atoms with Crippen LogP contribution in [0.1, 0.15) is 30.5 Å². The highest BCUT2D eigenvalue weighted by Gasteiger charge is 2.13. The Morgan fingerprint density at radius 1 is 1.29 bits per heavy atom. The molecule has 0 aliphatic carbocycles. The molecule has 0 radical (unpaired) electrons. The van der Waals surface area contributed by atoms with Crippen LogP contribution in [0.15, 0.2) is 48.5 Å². The summed E-state index contributed by atoms with van der Waals surface area (Å²) in [5, 5.41) is 23.1. The number of nitrogens with one attached hydrogen (secondary N) is 1. The molecule has 0 spiro atoms. The summed E-state index contributed by atoms with van der Waals surface area (Å²) in [4.78, 5) is 10.5. The van der Waals surface area contributed by atoms with E-state index in [0.29, 0.717) is 5.56 Å². The molecule has 2 rings (SSSR count). The minimum Gasteiger partial charge on any atom is -0.378 e. The SMILES string of the molecule is CCC(Nc1cccc(C#N)c1)c1cccc([N+](=O)[O-])c1. The van der Waals surface area contributed by atoms with Crippen molar-refractivity contribution in [1.29, 1.82) is 5.26 Å². The zero-order valence-corrected chi connectivity index (χ0v) is 11.6. The highest BCUT2D eigenvalue weighted by atomic mass is 16.6. The largest absolute Gasteiger partial charge is 0.378 e. The van der Waals surface area contributed by atoms with Crippen LogP contribution in [0.25, 0.3) is 0 Å². The predicted molar refractivity (Wildman–Crippen MR) is 80.9 cm³/mol. The molecule has 0 saturated heterocycles. The molecular weight excluding hydrogens is 266 g/mol. The van der Waals surface area contributed by atoms with E-state index in [2.05, 4.69) is 11.4 Å². The van der Waals surface area contributed by atoms with Gasteiger partial charge in [0.05, 0.1) is 22.6 Å². The average Bonchev–Trinajstić information content (AvgIpc) is 2.53. The maximum absolute atomic E-state index is 10.9. The highest BCUT2D eigenvalue weighted by molar-refractivity contribution is 5.51. The lowest BCUT2D eigenvalue weighted by Gasteiger charge is -2.18. The number of hydrogen-bond donors (Lipinski definition) is 1. The summed E-state index contributed by atoms with van der Waals surface area (Å²) < 4.78 is 0. The number of nitrogens with zero attached hydrogens (tertiary/aromatic N) is 2. The van der Waals surface area contributed by atoms with Crippen LogP contribution in [0.2, 0.25) is 0 Å². The molecule has 0 aliphatic heterocycles. The number of nitro groups is 1. The van der Waals surface area contributed by atoms with Crippen LogP contribution in [0.5, 0.6) is 0 Å². The van der Waals surface area contributed by atoms with Crippen molar-refractivity contribution in [3.05, 3.63) is 69.8 Å². The molecule has 0 heterocycles. The second kappa shape index (κ2) is 6.53. The molecule has 5 nitrogen and oxygen atoms in total. The summed E-state index contributed by atoms with van der Waals surface area (Å²) in [6.45, 7) is 2.00. The standard InChI is InChI=1S/C16H15N3O2/c1-2-16(13-6-4-8-15(10-13)19(20)21)18-14-7-3-5-12(9-14)11-17/h3-10,16,18H,2H2,1H3. The van der Waals surface area contributed by atoms with E-state index >= 15 is 0 Å². The number of non-ortho nitro benzene ring substituents is 1. The molecule has 0 fully saturated rings. The van der Waals surface area contributed by atoms with E-state index in [0.717, 1.165) is 17.7 Å². The van der Waals surface area contributed by atoms with Crippen LogP contribution in [0.3, 0.4) is 0 Å². The van der Waals surface area contributed by atoms with Crippen molar-refractivity contribution >= 4 is 11.4 Å². The Morgan fingerprint density at radius 2 is 2.05 bits per heavy atom. The Labute approximate surface area is 123 Å². The van der Waals surface area contributed by atoms with Crippen molar-refractivity contribution in [1.82, 2.24) is 0 Å². The van der Waals surface area contributed by atoms with Crippen LogP contribution >= 0.6 is 0 Å². The molecule has 0 amide bonds. The van der Waals surface area contributed by atoms with Gasteiger partial charge in [-0.1, -0.05) is 25.1 Å². The molecule has 0 aliphatic rings. The maximum Gasteiger partial charge on any atom is 0.269 e. The number of hydrogen-bond acceptors (Lipinski definition) is 4. The predicted octanol–water partition coefficient (Wildman–Crippen LogP) is 4.03. The molecular formula is C16H15N3O2. The van der Waals surface area contributed by atoms with E-state index in [1.165, 1.54) is 6.07 Å². The topological polar surface area (TPSA) is 79.0 Å². The summed E-state index contributed by atoms with van der Waals surface area (Å²) in [6.07, 6.45) is 0.776. The second-order valence-corrected chi connectivity index (χ2v) is 4.65. The molecule has 0 saturated carbocycles. The number of nitriles is 1. The lowest BCUT2D eigenvalue weighted by Crippen LogP contribution is -2.10. The third kappa shape index (κ3) is 3.57. The highest BCUT2D eigenvalue weighted by Crippen LogP contribution is 2.25. The van der Waals surface area contributed by atoms with Gasteiger partial charge in [-0.15, -0.1) is 0 Å². The minimum atomic E-state index is -0.396. The van der Waals surface area contributed by atoms with E-state index in [1.54, 1.807) is 30.3 Å². The maximum atomic E-state index is 10.9. The fraction of sp³-hybridized carbons (Fsp3) is 0.188. The van der Waals surface area contributed by atoms with E-state index < -0.39 is 4.92 Å². The van der Waals surface area contributed by atoms with E-state index in [1.807, 2.05) is 19.1 Å². The summed E-state index contributed by atoms with van der Waals surface area (Å²) in [5.41, 5.74) is 2.34. The van der Waals surface area contributed by atoms with Gasteiger partial charge < -0.3 is 5.32 Å². The van der Waals surface area contributed by atoms with Gasteiger partial charge in [-0.3, -0.25) is 10.1 Å². The lowest BCUT2D eigenvalue weighted by molar-refractivity contribution is -0.384. The first-order chi connectivity index (χ1) is 10.1. The van der Waals surface area contributed by atoms with Gasteiger partial charge in [0.15, 0.2) is 0 Å². The van der Waals surface area contributed by atoms with Gasteiger partial charge in [0.25, 0.3) is 5.69 Å². The van der Waals surface area contributed by atoms with Gasteiger partial charge in [-0.2, -0.15) is 5.26 Å². The fourth-order valence-electron chi connectivity index (χ4n) is 2.16. The molecule has 21 heavy (non-hydrogen) atoms. The van der Waals surface area contributed by atoms with Crippen molar-refractivity contribution in [3.63, 3.8) is 0 Å². The molecule has 2 aromatic carbocycles. The van der Waals surface area contributed by atoms with Gasteiger partial charge in [0.1, 0.15) is 0 Å². The molecule has 1 atom stereocenters. The molecule has 0 bridgehead atoms. The summed E-state index contributed by atoms with van der Waals surface area (Å²) >= 11 is 0. The molecule has 0 aromatic heterocycles. The Morgan fingerprint density at radius 3 is 2.71 bits per heavy atom. The monoisotopic (exact) mass is 281 g/mol. The molecule has 1 N–H and O–H groups in total. The number of rotatable bonds is 5. The molecule has 1 unspecified atom stereocenters. The number of nitro benzene ring substituents is 1. The van der Waals surface area contributed by atoms with E-state index in [9.17, 15) is 10.1 Å². The van der Waals surface area contributed by atoms with Gasteiger partial charge in [0.2, 0.25) is 0 Å². The third-order valence-electron chi connectivity index (χ3n) is 3.22. The van der Waals surface area contributed by atoms with Crippen LogP contribution < -0.4 is 5.32 Å². The van der Waals surface area contributed by atoms with Gasteiger partial charge >= 0.3 is 0 Å². The number of benzene rings is 2. The lowest BCUT2D eigenvalue weighted by atomic mass is 10.0. The number of anilines is 1. The van der Waals surface area contributed by atoms with Crippen LogP contribution in [-0.4, -0.2) is 4.92 Å². The zero-order chi connectivity index (χ0) is 15.2. The normalized spacial score (nSPS) is 11.4. The first-order valence-corrected chi connectivity index (χ1v) is 6.65. The smallest absolute Gasteiger partial charge is 0.269 e. The Balaban J connectivity index is 2.25. The minimum absolute atomic E-state index is 0.0427. The van der Waals surface area contributed by atoms with Gasteiger partial charge in [-0.05, 0) is 30.2 Å². The van der Waals surface area contributed by atoms with Crippen molar-refractivity contribution < 1.29 is 4.92 Å². The van der Waals surface area contributed by atoms with Gasteiger partial charge in [0, 0.05) is 17.8 Å². The van der Waals surface area contributed by atoms with Crippen molar-refractivity contribution in [2.75, 3.05) is 5.32 Å². The Hall–Kier alpha value is -2.87. The van der Waals surface area contributed by atoms with Crippen molar-refractivity contribution in [2.24, 2.45) is 0 Å². The molecule has 106 valence electrons. The van der Waals surface area contributed by atoms with Crippen LogP contribution in [0, 0.1) is 21.4 Å². The van der Waals surface area contributed by atoms with Gasteiger partial charge in [-0.25, -0.2) is 0 Å². The Bertz CT molecular complexity index is 692. The summed E-state index contributed by atoms with van der Waals surface area (Å²) in [7, 11) is 0. The summed E-state index contributed by atoms with van der Waals surface area (Å²) in [5.74, 6) is 0. The quantitative estimate of drug-likeness (QED) is 0.662. The molecule has 5 heteroatoms. The fourth-order valence-corrected chi connectivity index (χ4v) is 2.16. The van der Waals surface area contributed by atoms with Crippen LogP contribution in [0.4, 0.5) is 11.4 Å². The second-order valence-electron chi connectivity index (χ2n) is 4.65. The van der Waals surface area contributed by atoms with Crippen molar-refractivity contribution in [3.8, 4) is 6.07 Å². The van der Waals surface area contributed by atoms with Crippen molar-refractivity contribution in [2.45, 2.75) is 19.4 Å². The third-order valence-corrected chi connectivity index (χ3v) is 3.22. The first kappa shape index (κ1) is 14.5. The first-order valence-electron chi connectivity index (χ1n) is 6.65. The zero-order valence-electron chi connectivity index (χ0n) is 11.6. The Kier molecular flexibility index (Phi) is 4.52. The van der Waals surface area contributed by atoms with E-state index in [4.69, 9.17) is 5.26 Å². The van der Waals surface area contributed by atoms with E-state index in [-0.39, 0.29) is 11.7 Å².